The first-order chi connectivity index (χ1) is 15.2. The van der Waals surface area contributed by atoms with Crippen molar-refractivity contribution in [2.75, 3.05) is 18.6 Å². The number of aromatic nitrogens is 2. The molecule has 0 fully saturated rings. The van der Waals surface area contributed by atoms with E-state index < -0.39 is 0 Å². The first-order valence-electron chi connectivity index (χ1n) is 10.1. The Labute approximate surface area is 181 Å². The molecule has 0 saturated carbocycles. The first kappa shape index (κ1) is 18.9. The molecule has 0 amide bonds. The van der Waals surface area contributed by atoms with Crippen molar-refractivity contribution < 1.29 is 4.74 Å². The molecule has 0 unspecified atom stereocenters. The smallest absolute Gasteiger partial charge is 0.147 e. The zero-order valence-corrected chi connectivity index (χ0v) is 17.2. The normalized spacial score (nSPS) is 12.9. The topological polar surface area (TPSA) is 41.5 Å². The number of hydrogen-bond acceptors (Lipinski definition) is 5. The first-order valence-corrected chi connectivity index (χ1v) is 10.1. The molecular formula is C26H22N4O. The second-order valence-corrected chi connectivity index (χ2v) is 7.47. The van der Waals surface area contributed by atoms with E-state index in [0.717, 1.165) is 34.9 Å². The zero-order chi connectivity index (χ0) is 21.0. The minimum atomic E-state index is 0.698. The minimum absolute atomic E-state index is 0.698. The van der Waals surface area contributed by atoms with Crippen molar-refractivity contribution in [3.8, 4) is 33.9 Å². The van der Waals surface area contributed by atoms with Crippen LogP contribution >= 0.6 is 0 Å². The van der Waals surface area contributed by atoms with Crippen LogP contribution in [-0.2, 0) is 0 Å². The lowest BCUT2D eigenvalue weighted by Gasteiger charge is -2.18. The summed E-state index contributed by atoms with van der Waals surface area (Å²) in [4.78, 5) is 13.1. The standard InChI is InChI=1S/C26H22N4O/c1-29-12-13-30(19-29)23-16-25(18-27-17-23)31-24-9-5-8-22(14-24)26-15-21(10-11-28-26)20-6-3-2-4-7-20/h2-18H,19H2,1H3. The number of hydrogen-bond donors (Lipinski definition) is 0. The number of nitrogens with zero attached hydrogens (tertiary/aromatic N) is 4. The molecule has 0 saturated heterocycles. The summed E-state index contributed by atoms with van der Waals surface area (Å²) in [6.45, 7) is 0.796. The Hall–Kier alpha value is -4.12. The lowest BCUT2D eigenvalue weighted by molar-refractivity contribution is 0.478. The van der Waals surface area contributed by atoms with Crippen molar-refractivity contribution in [3.63, 3.8) is 0 Å². The largest absolute Gasteiger partial charge is 0.456 e. The van der Waals surface area contributed by atoms with E-state index in [-0.39, 0.29) is 0 Å². The molecule has 31 heavy (non-hydrogen) atoms. The van der Waals surface area contributed by atoms with Gasteiger partial charge in [0.05, 0.1) is 30.4 Å². The molecule has 1 aliphatic heterocycles. The number of rotatable bonds is 5. The van der Waals surface area contributed by atoms with E-state index >= 15 is 0 Å². The number of ether oxygens (including phenoxy) is 1. The molecule has 0 bridgehead atoms. The quantitative estimate of drug-likeness (QED) is 0.420. The fourth-order valence-electron chi connectivity index (χ4n) is 3.57. The van der Waals surface area contributed by atoms with Gasteiger partial charge in [0.1, 0.15) is 11.5 Å². The summed E-state index contributed by atoms with van der Waals surface area (Å²) in [5, 5.41) is 0. The van der Waals surface area contributed by atoms with E-state index in [0.29, 0.717) is 5.75 Å². The highest BCUT2D eigenvalue weighted by Gasteiger charge is 2.12. The SMILES string of the molecule is CN1C=CN(c2cncc(Oc3cccc(-c4cc(-c5ccccc5)ccn4)c3)c2)C1. The number of anilines is 1. The molecule has 0 radical (unpaired) electrons. The Morgan fingerprint density at radius 2 is 1.65 bits per heavy atom. The maximum Gasteiger partial charge on any atom is 0.147 e. The van der Waals surface area contributed by atoms with Crippen LogP contribution in [0, 0.1) is 0 Å². The third kappa shape index (κ3) is 4.26. The van der Waals surface area contributed by atoms with E-state index in [9.17, 15) is 0 Å². The molecule has 5 heteroatoms. The predicted molar refractivity (Wildman–Crippen MR) is 124 cm³/mol. The van der Waals surface area contributed by atoms with E-state index in [1.165, 1.54) is 5.56 Å². The van der Waals surface area contributed by atoms with Gasteiger partial charge in [0.25, 0.3) is 0 Å². The molecular weight excluding hydrogens is 384 g/mol. The Bertz CT molecular complexity index is 1220. The van der Waals surface area contributed by atoms with Gasteiger partial charge in [0.2, 0.25) is 0 Å². The average molecular weight is 406 g/mol. The fourth-order valence-corrected chi connectivity index (χ4v) is 3.57. The Morgan fingerprint density at radius 3 is 2.48 bits per heavy atom. The zero-order valence-electron chi connectivity index (χ0n) is 17.2. The maximum atomic E-state index is 6.13. The average Bonchev–Trinajstić information content (AvgIpc) is 3.26. The summed E-state index contributed by atoms with van der Waals surface area (Å²) in [6, 6.07) is 24.4. The van der Waals surface area contributed by atoms with Crippen molar-refractivity contribution in [2.24, 2.45) is 0 Å². The van der Waals surface area contributed by atoms with Crippen molar-refractivity contribution in [3.05, 3.63) is 104 Å². The summed E-state index contributed by atoms with van der Waals surface area (Å²) in [7, 11) is 2.04. The highest BCUT2D eigenvalue weighted by atomic mass is 16.5. The summed E-state index contributed by atoms with van der Waals surface area (Å²) in [5.41, 5.74) is 5.21. The summed E-state index contributed by atoms with van der Waals surface area (Å²) >= 11 is 0. The van der Waals surface area contributed by atoms with Gasteiger partial charge in [-0.05, 0) is 35.4 Å². The van der Waals surface area contributed by atoms with Gasteiger partial charge in [0.15, 0.2) is 0 Å². The summed E-state index contributed by atoms with van der Waals surface area (Å²) < 4.78 is 6.13. The van der Waals surface area contributed by atoms with E-state index in [1.54, 1.807) is 6.20 Å². The Kier molecular flexibility index (Phi) is 5.07. The molecule has 4 aromatic rings. The van der Waals surface area contributed by atoms with Crippen LogP contribution in [0.3, 0.4) is 0 Å². The number of pyridine rings is 2. The molecule has 0 spiro atoms. The molecule has 0 N–H and O–H groups in total. The van der Waals surface area contributed by atoms with Crippen LogP contribution in [-0.4, -0.2) is 28.6 Å². The molecule has 0 atom stereocenters. The van der Waals surface area contributed by atoms with Gasteiger partial charge in [0, 0.05) is 37.3 Å². The van der Waals surface area contributed by atoms with E-state index in [2.05, 4.69) is 38.0 Å². The van der Waals surface area contributed by atoms with Crippen LogP contribution in [0.4, 0.5) is 5.69 Å². The molecule has 5 nitrogen and oxygen atoms in total. The van der Waals surface area contributed by atoms with Crippen LogP contribution in [0.1, 0.15) is 0 Å². The molecule has 0 aliphatic carbocycles. The van der Waals surface area contributed by atoms with Crippen molar-refractivity contribution in [1.29, 1.82) is 0 Å². The van der Waals surface area contributed by atoms with Crippen LogP contribution in [0.2, 0.25) is 0 Å². The van der Waals surface area contributed by atoms with Crippen LogP contribution in [0.15, 0.2) is 104 Å². The molecule has 2 aromatic heterocycles. The van der Waals surface area contributed by atoms with Crippen molar-refractivity contribution in [1.82, 2.24) is 14.9 Å². The van der Waals surface area contributed by atoms with Crippen LogP contribution in [0.5, 0.6) is 11.5 Å². The molecule has 152 valence electrons. The molecule has 2 aromatic carbocycles. The monoisotopic (exact) mass is 406 g/mol. The minimum Gasteiger partial charge on any atom is -0.456 e. The van der Waals surface area contributed by atoms with Gasteiger partial charge in [-0.3, -0.25) is 9.97 Å². The second-order valence-electron chi connectivity index (χ2n) is 7.47. The highest BCUT2D eigenvalue weighted by molar-refractivity contribution is 5.71. The van der Waals surface area contributed by atoms with E-state index in [4.69, 9.17) is 4.74 Å². The van der Waals surface area contributed by atoms with Gasteiger partial charge in [-0.2, -0.15) is 0 Å². The van der Waals surface area contributed by atoms with Gasteiger partial charge in [-0.1, -0.05) is 42.5 Å². The highest BCUT2D eigenvalue weighted by Crippen LogP contribution is 2.30. The van der Waals surface area contributed by atoms with Crippen molar-refractivity contribution >= 4 is 5.69 Å². The van der Waals surface area contributed by atoms with Crippen LogP contribution in [0.25, 0.3) is 22.4 Å². The Balaban J connectivity index is 1.39. The molecule has 1 aliphatic rings. The second kappa shape index (κ2) is 8.32. The summed E-state index contributed by atoms with van der Waals surface area (Å²) in [6.07, 6.45) is 9.49. The third-order valence-electron chi connectivity index (χ3n) is 5.14. The molecule has 5 rings (SSSR count). The van der Waals surface area contributed by atoms with E-state index in [1.807, 2.05) is 86.4 Å². The summed E-state index contributed by atoms with van der Waals surface area (Å²) in [5.74, 6) is 1.45. The van der Waals surface area contributed by atoms with Gasteiger partial charge in [-0.15, -0.1) is 0 Å². The van der Waals surface area contributed by atoms with Gasteiger partial charge >= 0.3 is 0 Å². The Morgan fingerprint density at radius 1 is 0.774 bits per heavy atom. The van der Waals surface area contributed by atoms with Gasteiger partial charge in [-0.25, -0.2) is 0 Å². The number of benzene rings is 2. The third-order valence-corrected chi connectivity index (χ3v) is 5.14. The lowest BCUT2D eigenvalue weighted by Crippen LogP contribution is -2.21. The van der Waals surface area contributed by atoms with Gasteiger partial charge < -0.3 is 14.5 Å². The van der Waals surface area contributed by atoms with Crippen LogP contribution < -0.4 is 9.64 Å². The predicted octanol–water partition coefficient (Wildman–Crippen LogP) is 5.78. The maximum absolute atomic E-state index is 6.13. The fraction of sp³-hybridized carbons (Fsp3) is 0.0769. The van der Waals surface area contributed by atoms with Crippen molar-refractivity contribution in [2.45, 2.75) is 0 Å². The lowest BCUT2D eigenvalue weighted by atomic mass is 10.0. The molecule has 3 heterocycles.